The van der Waals surface area contributed by atoms with Crippen LogP contribution in [0.15, 0.2) is 36.7 Å². The Bertz CT molecular complexity index is 1110. The van der Waals surface area contributed by atoms with Gasteiger partial charge in [-0.2, -0.15) is 0 Å². The topological polar surface area (TPSA) is 66.6 Å². The Labute approximate surface area is 164 Å². The molecule has 0 fully saturated rings. The molecule has 6 rings (SSSR count). The van der Waals surface area contributed by atoms with Gasteiger partial charge >= 0.3 is 0 Å². The van der Waals surface area contributed by atoms with Crippen LogP contribution in [0.3, 0.4) is 0 Å². The number of aromatic nitrogens is 4. The minimum absolute atomic E-state index is 0.593. The number of ether oxygens (including phenoxy) is 1. The Balaban J connectivity index is 1.52. The van der Waals surface area contributed by atoms with Gasteiger partial charge < -0.3 is 14.7 Å². The highest BCUT2D eigenvalue weighted by molar-refractivity contribution is 7.26. The molecule has 4 aromatic rings. The fraction of sp³-hybridized carbons (Fsp3) is 0.182. The molecule has 138 valence electrons. The van der Waals surface area contributed by atoms with Gasteiger partial charge in [-0.05, 0) is 66.3 Å². The summed E-state index contributed by atoms with van der Waals surface area (Å²) in [4.78, 5) is 15.3. The van der Waals surface area contributed by atoms with Crippen LogP contribution in [0.5, 0.6) is 5.75 Å². The van der Waals surface area contributed by atoms with E-state index in [0.717, 1.165) is 46.9 Å². The first kappa shape index (κ1) is 16.1. The molecule has 1 atom stereocenters. The van der Waals surface area contributed by atoms with E-state index in [4.69, 9.17) is 4.74 Å². The highest BCUT2D eigenvalue weighted by atomic mass is 31.0. The number of nitrogens with zero attached hydrogens (tertiary/aromatic N) is 2. The molecule has 28 heavy (non-hydrogen) atoms. The van der Waals surface area contributed by atoms with Crippen LogP contribution in [0.2, 0.25) is 0 Å². The molecule has 1 aliphatic heterocycles. The van der Waals surface area contributed by atoms with Crippen molar-refractivity contribution in [1.82, 2.24) is 19.9 Å². The number of nitrogens with one attached hydrogen (secondary N) is 2. The van der Waals surface area contributed by atoms with Gasteiger partial charge in [-0.1, -0.05) is 9.24 Å². The van der Waals surface area contributed by atoms with Crippen LogP contribution >= 0.6 is 9.24 Å². The molecule has 0 spiro atoms. The van der Waals surface area contributed by atoms with Crippen molar-refractivity contribution in [2.45, 2.75) is 26.4 Å². The molecule has 6 heteroatoms. The van der Waals surface area contributed by atoms with Gasteiger partial charge in [0.1, 0.15) is 23.7 Å². The summed E-state index contributed by atoms with van der Waals surface area (Å²) < 4.78 is 6.22. The van der Waals surface area contributed by atoms with E-state index < -0.39 is 0 Å². The van der Waals surface area contributed by atoms with Crippen molar-refractivity contribution in [1.29, 1.82) is 0 Å². The molecular formula is C22H19N4OP. The predicted molar refractivity (Wildman–Crippen MR) is 113 cm³/mol. The second kappa shape index (κ2) is 5.79. The van der Waals surface area contributed by atoms with E-state index in [1.54, 1.807) is 0 Å². The van der Waals surface area contributed by atoms with E-state index >= 15 is 0 Å². The van der Waals surface area contributed by atoms with E-state index in [1.165, 1.54) is 33.4 Å². The Morgan fingerprint density at radius 1 is 0.857 bits per heavy atom. The first-order valence-corrected chi connectivity index (χ1v) is 10.0. The molecule has 0 saturated heterocycles. The lowest BCUT2D eigenvalue weighted by Crippen LogP contribution is -2.15. The first-order chi connectivity index (χ1) is 13.7. The van der Waals surface area contributed by atoms with E-state index in [-0.39, 0.29) is 0 Å². The summed E-state index contributed by atoms with van der Waals surface area (Å²) in [6, 6.07) is 8.98. The van der Waals surface area contributed by atoms with Crippen LogP contribution < -0.4 is 10.3 Å². The molecule has 2 aliphatic rings. The molecular weight excluding hydrogens is 367 g/mol. The van der Waals surface area contributed by atoms with E-state index in [1.807, 2.05) is 19.3 Å². The lowest BCUT2D eigenvalue weighted by Gasteiger charge is -2.30. The number of aryl methyl sites for hydroxylation is 3. The highest BCUT2D eigenvalue weighted by Gasteiger charge is 2.28. The lowest BCUT2D eigenvalue weighted by molar-refractivity contribution is 0.301. The van der Waals surface area contributed by atoms with Gasteiger partial charge in [0, 0.05) is 16.7 Å². The predicted octanol–water partition coefficient (Wildman–Crippen LogP) is 3.93. The van der Waals surface area contributed by atoms with E-state index in [0.29, 0.717) is 6.61 Å². The zero-order chi connectivity index (χ0) is 18.8. The van der Waals surface area contributed by atoms with Gasteiger partial charge in [-0.15, -0.1) is 0 Å². The van der Waals surface area contributed by atoms with Gasteiger partial charge in [0.25, 0.3) is 0 Å². The Morgan fingerprint density at radius 2 is 1.54 bits per heavy atom. The van der Waals surface area contributed by atoms with Crippen molar-refractivity contribution < 1.29 is 4.74 Å². The van der Waals surface area contributed by atoms with Crippen LogP contribution in [0.25, 0.3) is 33.6 Å². The standard InChI is InChI=1S/C22H19N4OP/c1-11-23-8-17(25-11)15-5-13-3-2-12-4-14(18-9-24-22(28)26-18)6-16-10-27-19(7-15)21(13)20(12)16/h4-9H,2-3,10,28H2,1H3,(H,23,25)(H,24,26). The number of aromatic amines is 2. The third-order valence-corrected chi connectivity index (χ3v) is 6.00. The maximum atomic E-state index is 6.22. The van der Waals surface area contributed by atoms with Crippen molar-refractivity contribution in [3.63, 3.8) is 0 Å². The maximum Gasteiger partial charge on any atom is 0.128 e. The normalized spacial score (nSPS) is 13.9. The Kier molecular flexibility index (Phi) is 3.33. The van der Waals surface area contributed by atoms with Gasteiger partial charge in [0.05, 0.1) is 23.8 Å². The molecule has 0 amide bonds. The number of H-pyrrole nitrogens is 2. The Hall–Kier alpha value is -2.91. The number of hydrogen-bond acceptors (Lipinski definition) is 3. The van der Waals surface area contributed by atoms with Crippen LogP contribution in [0.4, 0.5) is 0 Å². The lowest BCUT2D eigenvalue weighted by atomic mass is 9.79. The summed E-state index contributed by atoms with van der Waals surface area (Å²) in [5, 5.41) is 0. The molecule has 1 unspecified atom stereocenters. The third kappa shape index (κ3) is 2.36. The van der Waals surface area contributed by atoms with Crippen LogP contribution in [0, 0.1) is 6.92 Å². The Morgan fingerprint density at radius 3 is 2.25 bits per heavy atom. The number of rotatable bonds is 2. The van der Waals surface area contributed by atoms with Gasteiger partial charge in [-0.3, -0.25) is 0 Å². The second-order valence-electron chi connectivity index (χ2n) is 7.53. The van der Waals surface area contributed by atoms with Crippen molar-refractivity contribution in [3.05, 3.63) is 59.2 Å². The highest BCUT2D eigenvalue weighted by Crippen LogP contribution is 2.48. The molecule has 2 aromatic heterocycles. The average Bonchev–Trinajstić information content (AvgIpc) is 3.34. The average molecular weight is 386 g/mol. The number of hydrogen-bond donors (Lipinski definition) is 2. The molecule has 1 aliphatic carbocycles. The van der Waals surface area contributed by atoms with Crippen LogP contribution in [-0.4, -0.2) is 19.9 Å². The van der Waals surface area contributed by atoms with Gasteiger partial charge in [0.15, 0.2) is 0 Å². The van der Waals surface area contributed by atoms with E-state index in [9.17, 15) is 0 Å². The fourth-order valence-electron chi connectivity index (χ4n) is 4.45. The van der Waals surface area contributed by atoms with Crippen molar-refractivity contribution in [3.8, 4) is 39.4 Å². The minimum atomic E-state index is 0.593. The van der Waals surface area contributed by atoms with Crippen LogP contribution in [0.1, 0.15) is 22.5 Å². The first-order valence-electron chi connectivity index (χ1n) is 9.44. The molecule has 2 aromatic carbocycles. The molecule has 5 nitrogen and oxygen atoms in total. The zero-order valence-electron chi connectivity index (χ0n) is 15.5. The fourth-order valence-corrected chi connectivity index (χ4v) is 4.68. The summed E-state index contributed by atoms with van der Waals surface area (Å²) in [7, 11) is 2.61. The molecule has 2 N–H and O–H groups in total. The van der Waals surface area contributed by atoms with Crippen LogP contribution in [-0.2, 0) is 19.4 Å². The zero-order valence-corrected chi connectivity index (χ0v) is 16.6. The molecule has 0 saturated carbocycles. The maximum absolute atomic E-state index is 6.22. The minimum Gasteiger partial charge on any atom is -0.488 e. The summed E-state index contributed by atoms with van der Waals surface area (Å²) in [6.45, 7) is 2.57. The smallest absolute Gasteiger partial charge is 0.128 e. The summed E-state index contributed by atoms with van der Waals surface area (Å²) >= 11 is 0. The number of imidazole rings is 2. The van der Waals surface area contributed by atoms with Gasteiger partial charge in [0.2, 0.25) is 0 Å². The van der Waals surface area contributed by atoms with E-state index in [2.05, 4.69) is 53.4 Å². The van der Waals surface area contributed by atoms with Crippen molar-refractivity contribution in [2.24, 2.45) is 0 Å². The summed E-state index contributed by atoms with van der Waals surface area (Å²) in [5.41, 5.74) is 11.9. The van der Waals surface area contributed by atoms with Crippen molar-refractivity contribution in [2.75, 3.05) is 0 Å². The summed E-state index contributed by atoms with van der Waals surface area (Å²) in [6.07, 6.45) is 5.84. The van der Waals surface area contributed by atoms with Crippen molar-refractivity contribution >= 4 is 14.8 Å². The molecule has 0 bridgehead atoms. The SMILES string of the molecule is Cc1ncc(-c2cc3c4c(c2)OCc2cc(-c5cnc(P)[nH]5)cc(c2-4)CC3)[nH]1. The summed E-state index contributed by atoms with van der Waals surface area (Å²) in [5.74, 6) is 1.91. The second-order valence-corrected chi connectivity index (χ2v) is 8.08. The van der Waals surface area contributed by atoms with Gasteiger partial charge in [-0.25, -0.2) is 9.97 Å². The molecule has 0 radical (unpaired) electrons. The molecule has 3 heterocycles. The quantitative estimate of drug-likeness (QED) is 0.513. The monoisotopic (exact) mass is 386 g/mol. The number of benzene rings is 2. The third-order valence-electron chi connectivity index (χ3n) is 5.70. The largest absolute Gasteiger partial charge is 0.488 e.